The van der Waals surface area contributed by atoms with Gasteiger partial charge in [-0.3, -0.25) is 5.43 Å². The van der Waals surface area contributed by atoms with Crippen molar-refractivity contribution in [2.24, 2.45) is 5.10 Å². The van der Waals surface area contributed by atoms with Crippen molar-refractivity contribution in [1.29, 1.82) is 5.26 Å². The third-order valence-corrected chi connectivity index (χ3v) is 1.63. The van der Waals surface area contributed by atoms with Crippen molar-refractivity contribution < 1.29 is 0 Å². The molecule has 60 valence electrons. The van der Waals surface area contributed by atoms with Crippen molar-refractivity contribution in [1.82, 2.24) is 10.3 Å². The van der Waals surface area contributed by atoms with Gasteiger partial charge in [-0.15, -0.1) is 0 Å². The van der Waals surface area contributed by atoms with E-state index in [1.54, 1.807) is 6.34 Å². The Morgan fingerprint density at radius 1 is 1.82 bits per heavy atom. The minimum absolute atomic E-state index is 0.249. The molecule has 4 nitrogen and oxygen atoms in total. The second kappa shape index (κ2) is 3.81. The van der Waals surface area contributed by atoms with E-state index in [0.29, 0.717) is 0 Å². The van der Waals surface area contributed by atoms with E-state index in [9.17, 15) is 0 Å². The van der Waals surface area contributed by atoms with Gasteiger partial charge in [0.15, 0.2) is 0 Å². The first-order valence-corrected chi connectivity index (χ1v) is 3.82. The summed E-state index contributed by atoms with van der Waals surface area (Å²) in [5.41, 5.74) is 2.70. The lowest BCUT2D eigenvalue weighted by molar-refractivity contribution is 0.358. The molecule has 1 rings (SSSR count). The molecule has 0 saturated heterocycles. The van der Waals surface area contributed by atoms with E-state index in [2.05, 4.69) is 23.5 Å². The Morgan fingerprint density at radius 3 is 3.27 bits per heavy atom. The normalized spacial score (nSPS) is 21.5. The SMILES string of the molecule is CCCCN1C=NNC1C#N. The first-order valence-electron chi connectivity index (χ1n) is 3.82. The standard InChI is InChI=1S/C7H12N4/c1-2-3-4-11-6-9-10-7(11)5-8/h6-7,10H,2-4H2,1H3. The summed E-state index contributed by atoms with van der Waals surface area (Å²) >= 11 is 0. The minimum Gasteiger partial charge on any atom is -0.328 e. The molecule has 0 aromatic heterocycles. The van der Waals surface area contributed by atoms with Gasteiger partial charge >= 0.3 is 0 Å². The average molecular weight is 152 g/mol. The number of nitrogens with zero attached hydrogens (tertiary/aromatic N) is 3. The van der Waals surface area contributed by atoms with Crippen molar-refractivity contribution in [3.8, 4) is 6.07 Å². The summed E-state index contributed by atoms with van der Waals surface area (Å²) in [5.74, 6) is 0. The van der Waals surface area contributed by atoms with Crippen LogP contribution >= 0.6 is 0 Å². The molecule has 1 N–H and O–H groups in total. The van der Waals surface area contributed by atoms with E-state index in [4.69, 9.17) is 5.26 Å². The lowest BCUT2D eigenvalue weighted by atomic mass is 10.3. The van der Waals surface area contributed by atoms with Crippen LogP contribution in [0.1, 0.15) is 19.8 Å². The average Bonchev–Trinajstić information content (AvgIpc) is 2.47. The Balaban J connectivity index is 2.32. The number of nitrogens with one attached hydrogen (secondary N) is 1. The van der Waals surface area contributed by atoms with Crippen LogP contribution in [0.2, 0.25) is 0 Å². The molecule has 1 unspecified atom stereocenters. The van der Waals surface area contributed by atoms with Gasteiger partial charge in [-0.2, -0.15) is 10.4 Å². The molecule has 0 spiro atoms. The zero-order valence-electron chi connectivity index (χ0n) is 6.62. The summed E-state index contributed by atoms with van der Waals surface area (Å²) in [5, 5.41) is 12.4. The van der Waals surface area contributed by atoms with Gasteiger partial charge in [0.1, 0.15) is 12.4 Å². The minimum atomic E-state index is -0.249. The molecule has 11 heavy (non-hydrogen) atoms. The smallest absolute Gasteiger partial charge is 0.205 e. The second-order valence-corrected chi connectivity index (χ2v) is 2.50. The van der Waals surface area contributed by atoms with Crippen LogP contribution in [0.15, 0.2) is 5.10 Å². The largest absolute Gasteiger partial charge is 0.328 e. The summed E-state index contributed by atoms with van der Waals surface area (Å²) in [6.45, 7) is 3.03. The summed E-state index contributed by atoms with van der Waals surface area (Å²) in [4.78, 5) is 1.91. The second-order valence-electron chi connectivity index (χ2n) is 2.50. The van der Waals surface area contributed by atoms with Crippen molar-refractivity contribution >= 4 is 6.34 Å². The van der Waals surface area contributed by atoms with E-state index in [-0.39, 0.29) is 6.17 Å². The molecule has 0 radical (unpaired) electrons. The maximum Gasteiger partial charge on any atom is 0.205 e. The van der Waals surface area contributed by atoms with E-state index < -0.39 is 0 Å². The van der Waals surface area contributed by atoms with Gasteiger partial charge in [-0.05, 0) is 6.42 Å². The molecule has 0 aromatic rings. The van der Waals surface area contributed by atoms with Crippen LogP contribution in [0.3, 0.4) is 0 Å². The first kappa shape index (κ1) is 7.86. The Kier molecular flexibility index (Phi) is 2.73. The van der Waals surface area contributed by atoms with Gasteiger partial charge in [0.25, 0.3) is 0 Å². The Morgan fingerprint density at radius 2 is 2.64 bits per heavy atom. The van der Waals surface area contributed by atoms with E-state index in [1.807, 2.05) is 4.90 Å². The van der Waals surface area contributed by atoms with Crippen LogP contribution in [-0.2, 0) is 0 Å². The number of hydrazone groups is 1. The van der Waals surface area contributed by atoms with Crippen molar-refractivity contribution in [3.63, 3.8) is 0 Å². The molecule has 0 saturated carbocycles. The topological polar surface area (TPSA) is 51.4 Å². The lowest BCUT2D eigenvalue weighted by Gasteiger charge is -2.16. The quantitative estimate of drug-likeness (QED) is 0.640. The molecular weight excluding hydrogens is 140 g/mol. The van der Waals surface area contributed by atoms with Gasteiger partial charge in [0.05, 0.1) is 0 Å². The summed E-state index contributed by atoms with van der Waals surface area (Å²) in [6.07, 6.45) is 3.68. The highest BCUT2D eigenvalue weighted by atomic mass is 15.5. The molecule has 1 heterocycles. The van der Waals surface area contributed by atoms with Crippen LogP contribution < -0.4 is 5.43 Å². The van der Waals surface area contributed by atoms with Crippen molar-refractivity contribution in [2.75, 3.05) is 6.54 Å². The number of hydrogen-bond acceptors (Lipinski definition) is 4. The van der Waals surface area contributed by atoms with Crippen LogP contribution in [0.5, 0.6) is 0 Å². The molecular formula is C7H12N4. The lowest BCUT2D eigenvalue weighted by Crippen LogP contribution is -2.35. The molecule has 0 aliphatic carbocycles. The Bertz CT molecular complexity index is 181. The molecule has 0 fully saturated rings. The Hall–Kier alpha value is -1.24. The zero-order chi connectivity index (χ0) is 8.10. The predicted octanol–water partition coefficient (Wildman–Crippen LogP) is 0.485. The Labute approximate surface area is 66.5 Å². The number of hydrogen-bond donors (Lipinski definition) is 1. The number of unbranched alkanes of at least 4 members (excludes halogenated alkanes) is 1. The highest BCUT2D eigenvalue weighted by molar-refractivity contribution is 5.57. The summed E-state index contributed by atoms with van der Waals surface area (Å²) in [6, 6.07) is 2.11. The molecule has 0 aromatic carbocycles. The van der Waals surface area contributed by atoms with E-state index >= 15 is 0 Å². The van der Waals surface area contributed by atoms with Crippen molar-refractivity contribution in [3.05, 3.63) is 0 Å². The maximum atomic E-state index is 8.60. The third kappa shape index (κ3) is 1.84. The zero-order valence-corrected chi connectivity index (χ0v) is 6.62. The molecule has 0 amide bonds. The molecule has 1 aliphatic rings. The fraction of sp³-hybridized carbons (Fsp3) is 0.714. The molecule has 4 heteroatoms. The van der Waals surface area contributed by atoms with Crippen LogP contribution in [0, 0.1) is 11.3 Å². The third-order valence-electron chi connectivity index (χ3n) is 1.63. The molecule has 0 bridgehead atoms. The fourth-order valence-corrected chi connectivity index (χ4v) is 0.949. The maximum absolute atomic E-state index is 8.60. The van der Waals surface area contributed by atoms with Gasteiger partial charge in [-0.1, -0.05) is 13.3 Å². The fourth-order valence-electron chi connectivity index (χ4n) is 0.949. The van der Waals surface area contributed by atoms with Gasteiger partial charge in [0.2, 0.25) is 6.17 Å². The van der Waals surface area contributed by atoms with Gasteiger partial charge in [-0.25, -0.2) is 0 Å². The molecule has 1 aliphatic heterocycles. The van der Waals surface area contributed by atoms with Gasteiger partial charge < -0.3 is 4.90 Å². The van der Waals surface area contributed by atoms with Gasteiger partial charge in [0, 0.05) is 6.54 Å². The predicted molar refractivity (Wildman–Crippen MR) is 42.6 cm³/mol. The highest BCUT2D eigenvalue weighted by Gasteiger charge is 2.17. The summed E-state index contributed by atoms with van der Waals surface area (Å²) < 4.78 is 0. The van der Waals surface area contributed by atoms with Crippen LogP contribution in [0.25, 0.3) is 0 Å². The van der Waals surface area contributed by atoms with Crippen molar-refractivity contribution in [2.45, 2.75) is 25.9 Å². The monoisotopic (exact) mass is 152 g/mol. The number of rotatable bonds is 3. The number of nitriles is 1. The van der Waals surface area contributed by atoms with Crippen LogP contribution in [0.4, 0.5) is 0 Å². The van der Waals surface area contributed by atoms with Crippen LogP contribution in [-0.4, -0.2) is 23.9 Å². The van der Waals surface area contributed by atoms with E-state index in [1.165, 1.54) is 0 Å². The highest BCUT2D eigenvalue weighted by Crippen LogP contribution is 2.00. The first-order chi connectivity index (χ1) is 5.38. The van der Waals surface area contributed by atoms with E-state index in [0.717, 1.165) is 19.4 Å². The molecule has 1 atom stereocenters. The summed E-state index contributed by atoms with van der Waals surface area (Å²) in [7, 11) is 0.